The van der Waals surface area contributed by atoms with Crippen LogP contribution in [0.4, 0.5) is 0 Å². The van der Waals surface area contributed by atoms with Crippen molar-refractivity contribution >= 4 is 5.97 Å². The van der Waals surface area contributed by atoms with Crippen LogP contribution < -0.4 is 0 Å². The number of nitrogens with zero attached hydrogens (tertiary/aromatic N) is 3. The predicted octanol–water partition coefficient (Wildman–Crippen LogP) is 1.16. The Morgan fingerprint density at radius 1 is 1.61 bits per heavy atom. The van der Waals surface area contributed by atoms with Gasteiger partial charge in [0.2, 0.25) is 0 Å². The second kappa shape index (κ2) is 4.50. The molecule has 0 aromatic carbocycles. The van der Waals surface area contributed by atoms with Gasteiger partial charge in [-0.25, -0.2) is 0 Å². The van der Waals surface area contributed by atoms with Gasteiger partial charge in [-0.05, 0) is 18.8 Å². The fraction of sp³-hybridized carbons (Fsp3) is 0.500. The Labute approximate surface area is 104 Å². The molecule has 1 aliphatic rings. The number of carbonyl (C=O) groups excluding carboxylic acids is 1. The SMILES string of the molecule is COC(=O)[C@@](c1cnoc1)(C(C#N)C#N)C1CC1. The molecule has 1 atom stereocenters. The molecule has 2 rings (SSSR count). The summed E-state index contributed by atoms with van der Waals surface area (Å²) in [5.41, 5.74) is -0.844. The van der Waals surface area contributed by atoms with Gasteiger partial charge >= 0.3 is 5.97 Å². The molecule has 0 saturated heterocycles. The Morgan fingerprint density at radius 2 is 2.28 bits per heavy atom. The average molecular weight is 245 g/mol. The molecule has 0 radical (unpaired) electrons. The van der Waals surface area contributed by atoms with Crippen molar-refractivity contribution in [1.29, 1.82) is 10.5 Å². The van der Waals surface area contributed by atoms with E-state index in [0.29, 0.717) is 5.56 Å². The van der Waals surface area contributed by atoms with Crippen LogP contribution in [0.5, 0.6) is 0 Å². The van der Waals surface area contributed by atoms with Crippen molar-refractivity contribution in [3.05, 3.63) is 18.0 Å². The highest BCUT2D eigenvalue weighted by Gasteiger charge is 2.59. The molecule has 1 aromatic rings. The lowest BCUT2D eigenvalue weighted by atomic mass is 9.68. The van der Waals surface area contributed by atoms with E-state index in [1.165, 1.54) is 19.6 Å². The second-order valence-electron chi connectivity index (χ2n) is 4.24. The summed E-state index contributed by atoms with van der Waals surface area (Å²) < 4.78 is 9.57. The number of ether oxygens (including phenoxy) is 1. The van der Waals surface area contributed by atoms with E-state index in [0.717, 1.165) is 12.8 Å². The van der Waals surface area contributed by atoms with Gasteiger partial charge in [-0.1, -0.05) is 5.16 Å². The number of carbonyl (C=O) groups is 1. The Kier molecular flexibility index (Phi) is 3.03. The number of methoxy groups -OCH3 is 1. The molecule has 1 saturated carbocycles. The summed E-state index contributed by atoms with van der Waals surface area (Å²) in [6, 6.07) is 3.77. The van der Waals surface area contributed by atoms with Gasteiger partial charge in [-0.15, -0.1) is 0 Å². The third-order valence-corrected chi connectivity index (χ3v) is 3.37. The van der Waals surface area contributed by atoms with Crippen LogP contribution in [-0.2, 0) is 14.9 Å². The lowest BCUT2D eigenvalue weighted by Gasteiger charge is -2.30. The molecule has 1 heterocycles. The number of hydrogen-bond donors (Lipinski definition) is 0. The van der Waals surface area contributed by atoms with Crippen molar-refractivity contribution in [2.45, 2.75) is 18.3 Å². The van der Waals surface area contributed by atoms with Crippen LogP contribution in [0.15, 0.2) is 17.0 Å². The van der Waals surface area contributed by atoms with Gasteiger partial charge in [0.1, 0.15) is 11.7 Å². The lowest BCUT2D eigenvalue weighted by molar-refractivity contribution is -0.149. The highest BCUT2D eigenvalue weighted by atomic mass is 16.5. The normalized spacial score (nSPS) is 17.6. The maximum Gasteiger partial charge on any atom is 0.319 e. The van der Waals surface area contributed by atoms with Gasteiger partial charge in [-0.3, -0.25) is 4.79 Å². The quantitative estimate of drug-likeness (QED) is 0.738. The van der Waals surface area contributed by atoms with Gasteiger partial charge < -0.3 is 9.26 Å². The van der Waals surface area contributed by atoms with Crippen LogP contribution in [0.25, 0.3) is 0 Å². The van der Waals surface area contributed by atoms with Crippen LogP contribution in [0.2, 0.25) is 0 Å². The Hall–Kier alpha value is -2.34. The molecule has 1 aliphatic carbocycles. The molecule has 0 N–H and O–H groups in total. The largest absolute Gasteiger partial charge is 0.468 e. The molecule has 1 fully saturated rings. The maximum absolute atomic E-state index is 12.2. The molecule has 6 heteroatoms. The van der Waals surface area contributed by atoms with Crippen molar-refractivity contribution in [3.63, 3.8) is 0 Å². The van der Waals surface area contributed by atoms with E-state index >= 15 is 0 Å². The Bertz CT molecular complexity index is 508. The van der Waals surface area contributed by atoms with Gasteiger partial charge in [0.05, 0.1) is 25.4 Å². The first-order chi connectivity index (χ1) is 8.71. The summed E-state index contributed by atoms with van der Waals surface area (Å²) in [5.74, 6) is -1.77. The molecular formula is C12H11N3O3. The van der Waals surface area contributed by atoms with Gasteiger partial charge in [0.15, 0.2) is 5.92 Å². The van der Waals surface area contributed by atoms with Crippen molar-refractivity contribution in [2.75, 3.05) is 7.11 Å². The van der Waals surface area contributed by atoms with Crippen LogP contribution in [-0.4, -0.2) is 18.2 Å². The Balaban J connectivity index is 2.60. The standard InChI is InChI=1S/C12H11N3O3/c1-17-11(16)12(8-2-3-8,9(4-13)5-14)10-6-15-18-7-10/h6-9H,2-3H2,1H3/t12-/m1/s1. The second-order valence-corrected chi connectivity index (χ2v) is 4.24. The molecule has 18 heavy (non-hydrogen) atoms. The smallest absolute Gasteiger partial charge is 0.319 e. The molecule has 0 amide bonds. The van der Waals surface area contributed by atoms with Crippen molar-refractivity contribution in [1.82, 2.24) is 5.16 Å². The summed E-state index contributed by atoms with van der Waals surface area (Å²) >= 11 is 0. The third-order valence-electron chi connectivity index (χ3n) is 3.37. The zero-order chi connectivity index (χ0) is 13.2. The average Bonchev–Trinajstić information content (AvgIpc) is 3.10. The van der Waals surface area contributed by atoms with Crippen LogP contribution in [0, 0.1) is 34.5 Å². The Morgan fingerprint density at radius 3 is 2.67 bits per heavy atom. The first-order valence-electron chi connectivity index (χ1n) is 5.49. The van der Waals surface area contributed by atoms with Crippen LogP contribution in [0.3, 0.4) is 0 Å². The molecule has 1 aromatic heterocycles. The number of aromatic nitrogens is 1. The minimum absolute atomic E-state index is 0.0753. The zero-order valence-electron chi connectivity index (χ0n) is 9.79. The van der Waals surface area contributed by atoms with Crippen molar-refractivity contribution in [2.24, 2.45) is 11.8 Å². The van der Waals surface area contributed by atoms with Crippen molar-refractivity contribution < 1.29 is 14.1 Å². The molecule has 0 spiro atoms. The maximum atomic E-state index is 12.2. The number of rotatable bonds is 4. The van der Waals surface area contributed by atoms with Gasteiger partial charge in [0, 0.05) is 5.56 Å². The molecular weight excluding hydrogens is 234 g/mol. The van der Waals surface area contributed by atoms with E-state index in [1.807, 2.05) is 12.1 Å². The van der Waals surface area contributed by atoms with E-state index in [2.05, 4.69) is 5.16 Å². The van der Waals surface area contributed by atoms with E-state index in [1.54, 1.807) is 0 Å². The molecule has 92 valence electrons. The predicted molar refractivity (Wildman–Crippen MR) is 57.6 cm³/mol. The van der Waals surface area contributed by atoms with E-state index in [4.69, 9.17) is 19.8 Å². The highest BCUT2D eigenvalue weighted by Crippen LogP contribution is 2.52. The van der Waals surface area contributed by atoms with E-state index in [-0.39, 0.29) is 5.92 Å². The fourth-order valence-corrected chi connectivity index (χ4v) is 2.39. The third kappa shape index (κ3) is 1.54. The summed E-state index contributed by atoms with van der Waals surface area (Å²) in [7, 11) is 1.25. The first-order valence-corrected chi connectivity index (χ1v) is 5.49. The molecule has 6 nitrogen and oxygen atoms in total. The number of nitriles is 2. The highest BCUT2D eigenvalue weighted by molar-refractivity contribution is 5.85. The fourth-order valence-electron chi connectivity index (χ4n) is 2.39. The monoisotopic (exact) mass is 245 g/mol. The van der Waals surface area contributed by atoms with E-state index < -0.39 is 17.3 Å². The van der Waals surface area contributed by atoms with Crippen LogP contribution in [0.1, 0.15) is 18.4 Å². The zero-order valence-corrected chi connectivity index (χ0v) is 9.79. The molecule has 0 unspecified atom stereocenters. The van der Waals surface area contributed by atoms with Gasteiger partial charge in [0.25, 0.3) is 0 Å². The molecule has 0 bridgehead atoms. The first kappa shape index (κ1) is 12.1. The number of hydrogen-bond acceptors (Lipinski definition) is 6. The minimum Gasteiger partial charge on any atom is -0.468 e. The van der Waals surface area contributed by atoms with Crippen LogP contribution >= 0.6 is 0 Å². The minimum atomic E-state index is -1.28. The van der Waals surface area contributed by atoms with E-state index in [9.17, 15) is 4.79 Å². The molecule has 0 aliphatic heterocycles. The van der Waals surface area contributed by atoms with Crippen molar-refractivity contribution in [3.8, 4) is 12.1 Å². The summed E-state index contributed by atoms with van der Waals surface area (Å²) in [6.45, 7) is 0. The number of esters is 1. The van der Waals surface area contributed by atoms with Gasteiger partial charge in [-0.2, -0.15) is 10.5 Å². The summed E-state index contributed by atoms with van der Waals surface area (Å²) in [5, 5.41) is 21.9. The summed E-state index contributed by atoms with van der Waals surface area (Å²) in [4.78, 5) is 12.2. The summed E-state index contributed by atoms with van der Waals surface area (Å²) in [6.07, 6.45) is 4.23. The topological polar surface area (TPSA) is 99.9 Å². The lowest BCUT2D eigenvalue weighted by Crippen LogP contribution is -2.45.